The molecule has 1 heterocycles. The molecule has 3 rings (SSSR count). The summed E-state index contributed by atoms with van der Waals surface area (Å²) in [5, 5.41) is 0. The highest BCUT2D eigenvalue weighted by atomic mass is 32.2. The molecule has 21 heavy (non-hydrogen) atoms. The molecule has 0 aliphatic carbocycles. The maximum atomic E-state index is 5.82. The van der Waals surface area contributed by atoms with Crippen LogP contribution in [-0.4, -0.2) is 28.6 Å². The molecule has 104 valence electrons. The zero-order valence-corrected chi connectivity index (χ0v) is 13.2. The second-order valence-corrected chi connectivity index (χ2v) is 5.71. The molecule has 0 saturated heterocycles. The summed E-state index contributed by atoms with van der Waals surface area (Å²) >= 11 is 3.61. The number of benzene rings is 2. The maximum Gasteiger partial charge on any atom is 0.334 e. The first-order chi connectivity index (χ1) is 10.3. The second kappa shape index (κ2) is 6.52. The Labute approximate surface area is 134 Å². The Kier molecular flexibility index (Phi) is 4.49. The molecule has 0 atom stereocenters. The first kappa shape index (κ1) is 14.4. The van der Waals surface area contributed by atoms with Crippen LogP contribution in [0.1, 0.15) is 0 Å². The van der Waals surface area contributed by atoms with E-state index in [-0.39, 0.29) is 0 Å². The smallest absolute Gasteiger partial charge is 0.334 e. The molecular formula is C14H11AlN2O3S. The number of oxazole rings is 1. The van der Waals surface area contributed by atoms with E-state index in [0.29, 0.717) is 5.89 Å². The van der Waals surface area contributed by atoms with Crippen LogP contribution in [0.15, 0.2) is 52.9 Å². The molecule has 0 saturated carbocycles. The summed E-state index contributed by atoms with van der Waals surface area (Å²) in [5.41, 5.74) is 3.35. The van der Waals surface area contributed by atoms with Gasteiger partial charge in [0.15, 0.2) is 5.58 Å². The molecule has 7 heteroatoms. The van der Waals surface area contributed by atoms with Crippen LogP contribution < -0.4 is 3.29 Å². The first-order valence-electron chi connectivity index (χ1n) is 6.17. The van der Waals surface area contributed by atoms with Crippen molar-refractivity contribution >= 4 is 45.5 Å². The van der Waals surface area contributed by atoms with E-state index in [4.69, 9.17) is 8.75 Å². The molecule has 0 aliphatic heterocycles. The van der Waals surface area contributed by atoms with Gasteiger partial charge in [-0.2, -0.15) is 0 Å². The van der Waals surface area contributed by atoms with E-state index in [1.807, 2.05) is 48.5 Å². The van der Waals surface area contributed by atoms with Gasteiger partial charge in [-0.05, 0) is 24.3 Å². The van der Waals surface area contributed by atoms with E-state index >= 15 is 0 Å². The van der Waals surface area contributed by atoms with Crippen LogP contribution in [0, 0.1) is 0 Å². The average molecular weight is 314 g/mol. The fourth-order valence-electron chi connectivity index (χ4n) is 1.94. The SMILES string of the molecule is COOS[N]([Al])c1ccccc1-c1nc2ccccc2o1. The molecule has 0 aliphatic rings. The van der Waals surface area contributed by atoms with Gasteiger partial charge in [-0.15, -0.1) is 4.33 Å². The third-order valence-electron chi connectivity index (χ3n) is 2.84. The lowest BCUT2D eigenvalue weighted by Crippen LogP contribution is -2.10. The number of hydrogen-bond donors (Lipinski definition) is 0. The van der Waals surface area contributed by atoms with Crippen LogP contribution in [0.3, 0.4) is 0 Å². The highest BCUT2D eigenvalue weighted by molar-refractivity contribution is 7.97. The predicted octanol–water partition coefficient (Wildman–Crippen LogP) is 3.53. The van der Waals surface area contributed by atoms with Crippen LogP contribution in [-0.2, 0) is 9.22 Å². The van der Waals surface area contributed by atoms with Crippen molar-refractivity contribution in [1.29, 1.82) is 0 Å². The van der Waals surface area contributed by atoms with E-state index < -0.39 is 0 Å². The molecular weight excluding hydrogens is 303 g/mol. The Morgan fingerprint density at radius 2 is 1.90 bits per heavy atom. The van der Waals surface area contributed by atoms with Crippen LogP contribution in [0.5, 0.6) is 0 Å². The lowest BCUT2D eigenvalue weighted by Gasteiger charge is -2.20. The van der Waals surface area contributed by atoms with Gasteiger partial charge in [0, 0.05) is 5.69 Å². The summed E-state index contributed by atoms with van der Waals surface area (Å²) in [6.45, 7) is 0. The van der Waals surface area contributed by atoms with Crippen LogP contribution >= 0.6 is 12.2 Å². The predicted molar refractivity (Wildman–Crippen MR) is 83.4 cm³/mol. The van der Waals surface area contributed by atoms with E-state index in [1.165, 1.54) is 7.11 Å². The molecule has 0 unspecified atom stereocenters. The van der Waals surface area contributed by atoms with Gasteiger partial charge in [0.05, 0.1) is 12.7 Å². The summed E-state index contributed by atoms with van der Waals surface area (Å²) in [7, 11) is 1.46. The van der Waals surface area contributed by atoms with Crippen molar-refractivity contribution in [2.75, 3.05) is 10.4 Å². The van der Waals surface area contributed by atoms with Crippen LogP contribution in [0.2, 0.25) is 0 Å². The Bertz CT molecular complexity index is 717. The molecule has 0 spiro atoms. The molecule has 0 fully saturated rings. The van der Waals surface area contributed by atoms with Gasteiger partial charge in [-0.1, -0.05) is 24.3 Å². The summed E-state index contributed by atoms with van der Waals surface area (Å²) < 4.78 is 12.4. The van der Waals surface area contributed by atoms with E-state index in [1.54, 1.807) is 3.29 Å². The molecule has 0 bridgehead atoms. The standard InChI is InChI=1S/C14H11N2O3S.Al/c1-17-19-20-16-11-7-3-2-6-10(11)14-15-12-8-4-5-9-13(12)18-14;/h2-9H,1H3;/q-1;+1. The zero-order chi connectivity index (χ0) is 14.7. The van der Waals surface area contributed by atoms with Crippen molar-refractivity contribution in [3.8, 4) is 11.5 Å². The molecule has 0 N–H and O–H groups in total. The zero-order valence-electron chi connectivity index (χ0n) is 11.2. The fourth-order valence-corrected chi connectivity index (χ4v) is 2.63. The quantitative estimate of drug-likeness (QED) is 0.236. The summed E-state index contributed by atoms with van der Waals surface area (Å²) in [4.78, 5) is 9.12. The maximum absolute atomic E-state index is 5.82. The normalized spacial score (nSPS) is 10.9. The van der Waals surface area contributed by atoms with Gasteiger partial charge in [0.1, 0.15) is 17.7 Å². The minimum absolute atomic E-state index is 0.567. The minimum atomic E-state index is 0.567. The Morgan fingerprint density at radius 3 is 2.71 bits per heavy atom. The third-order valence-corrected chi connectivity index (χ3v) is 3.94. The summed E-state index contributed by atoms with van der Waals surface area (Å²) in [5.74, 6) is 0.567. The molecule has 2 radical (unpaired) electrons. The van der Waals surface area contributed by atoms with Crippen molar-refractivity contribution in [2.24, 2.45) is 0 Å². The molecule has 0 amide bonds. The second-order valence-electron chi connectivity index (χ2n) is 4.14. The lowest BCUT2D eigenvalue weighted by atomic mass is 10.2. The molecule has 2 aromatic carbocycles. The van der Waals surface area contributed by atoms with Crippen LogP contribution in [0.25, 0.3) is 22.6 Å². The van der Waals surface area contributed by atoms with Gasteiger partial charge < -0.3 is 7.71 Å². The highest BCUT2D eigenvalue weighted by Gasteiger charge is 2.14. The van der Waals surface area contributed by atoms with E-state index in [0.717, 1.165) is 34.6 Å². The van der Waals surface area contributed by atoms with E-state index in [9.17, 15) is 0 Å². The number of hydrogen-bond acceptors (Lipinski definition) is 6. The third kappa shape index (κ3) is 3.08. The Morgan fingerprint density at radius 1 is 1.14 bits per heavy atom. The van der Waals surface area contributed by atoms with Gasteiger partial charge in [-0.25, -0.2) is 9.87 Å². The summed E-state index contributed by atoms with van der Waals surface area (Å²) in [6, 6.07) is 15.5. The topological polar surface area (TPSA) is 47.7 Å². The molecule has 1 aromatic heterocycles. The van der Waals surface area contributed by atoms with Crippen LogP contribution in [0.4, 0.5) is 5.69 Å². The van der Waals surface area contributed by atoms with Crippen molar-refractivity contribution in [3.63, 3.8) is 0 Å². The van der Waals surface area contributed by atoms with E-state index in [2.05, 4.69) is 26.4 Å². The van der Waals surface area contributed by atoms with Crippen molar-refractivity contribution in [2.45, 2.75) is 0 Å². The van der Waals surface area contributed by atoms with Gasteiger partial charge in [-0.3, -0.25) is 0 Å². The molecule has 5 nitrogen and oxygen atoms in total. The Balaban J connectivity index is 2.01. The van der Waals surface area contributed by atoms with Gasteiger partial charge in [0.25, 0.3) is 0 Å². The monoisotopic (exact) mass is 314 g/mol. The average Bonchev–Trinajstić information content (AvgIpc) is 2.96. The lowest BCUT2D eigenvalue weighted by molar-refractivity contribution is -0.160. The number of anilines is 1. The first-order valence-corrected chi connectivity index (χ1v) is 7.38. The number of aromatic nitrogens is 1. The molecule has 3 aromatic rings. The fraction of sp³-hybridized carbons (Fsp3) is 0.0714. The van der Waals surface area contributed by atoms with Gasteiger partial charge >= 0.3 is 16.5 Å². The Hall–Kier alpha value is -1.49. The number of fused-ring (bicyclic) bond motifs is 1. The van der Waals surface area contributed by atoms with Gasteiger partial charge in [0.2, 0.25) is 5.89 Å². The minimum Gasteiger partial charge on any atom is -0.436 e. The summed E-state index contributed by atoms with van der Waals surface area (Å²) in [6.07, 6.45) is 0. The van der Waals surface area contributed by atoms with Crippen molar-refractivity contribution < 1.29 is 13.6 Å². The van der Waals surface area contributed by atoms with Crippen molar-refractivity contribution in [1.82, 2.24) is 4.98 Å². The van der Waals surface area contributed by atoms with Crippen molar-refractivity contribution in [3.05, 3.63) is 48.5 Å². The largest absolute Gasteiger partial charge is 0.436 e. The number of para-hydroxylation sites is 3. The highest BCUT2D eigenvalue weighted by Crippen LogP contribution is 2.34. The number of rotatable bonds is 5. The number of nitrogens with zero attached hydrogens (tertiary/aromatic N) is 2.